The van der Waals surface area contributed by atoms with Gasteiger partial charge in [-0.1, -0.05) is 54.6 Å². The van der Waals surface area contributed by atoms with E-state index in [9.17, 15) is 4.39 Å². The van der Waals surface area contributed by atoms with Crippen molar-refractivity contribution in [2.75, 3.05) is 0 Å². The first-order valence-corrected chi connectivity index (χ1v) is 13.3. The van der Waals surface area contributed by atoms with Crippen LogP contribution in [0.4, 0.5) is 4.39 Å². The van der Waals surface area contributed by atoms with E-state index in [2.05, 4.69) is 83.4 Å². The molecule has 0 radical (unpaired) electrons. The molecule has 3 aromatic heterocycles. The highest BCUT2D eigenvalue weighted by Gasteiger charge is 2.16. The number of fused-ring (bicyclic) bond motifs is 9. The van der Waals surface area contributed by atoms with Gasteiger partial charge in [0.05, 0.1) is 16.4 Å². The molecule has 9 rings (SSSR count). The van der Waals surface area contributed by atoms with E-state index < -0.39 is 0 Å². The Bertz CT molecular complexity index is 2410. The average Bonchev–Trinajstić information content (AvgIpc) is 3.66. The van der Waals surface area contributed by atoms with Gasteiger partial charge in [0.1, 0.15) is 28.1 Å². The molecule has 0 aliphatic heterocycles. The van der Waals surface area contributed by atoms with Gasteiger partial charge in [0.25, 0.3) is 0 Å². The molecule has 0 amide bonds. The zero-order valence-electron chi connectivity index (χ0n) is 21.2. The molecule has 40 heavy (non-hydrogen) atoms. The smallest absolute Gasteiger partial charge is 0.138 e. The summed E-state index contributed by atoms with van der Waals surface area (Å²) in [5.74, 6) is -0.276. The quantitative estimate of drug-likeness (QED) is 0.227. The lowest BCUT2D eigenvalue weighted by atomic mass is 10.0. The van der Waals surface area contributed by atoms with Gasteiger partial charge in [-0.2, -0.15) is 0 Å². The van der Waals surface area contributed by atoms with Gasteiger partial charge >= 0.3 is 0 Å². The van der Waals surface area contributed by atoms with Crippen LogP contribution in [0.5, 0.6) is 0 Å². The maximum absolute atomic E-state index is 14.7. The Kier molecular flexibility index (Phi) is 4.23. The molecule has 0 N–H and O–H groups in total. The van der Waals surface area contributed by atoms with Crippen molar-refractivity contribution in [3.63, 3.8) is 0 Å². The summed E-state index contributed by atoms with van der Waals surface area (Å²) in [6.45, 7) is 0. The second kappa shape index (κ2) is 7.84. The predicted molar refractivity (Wildman–Crippen MR) is 163 cm³/mol. The fourth-order valence-electron chi connectivity index (χ4n) is 6.25. The summed E-state index contributed by atoms with van der Waals surface area (Å²) < 4.78 is 29.2. The van der Waals surface area contributed by atoms with Gasteiger partial charge in [-0.25, -0.2) is 4.39 Å². The summed E-state index contributed by atoms with van der Waals surface area (Å²) in [7, 11) is 0. The number of para-hydroxylation sites is 2. The van der Waals surface area contributed by atoms with Crippen molar-refractivity contribution in [1.29, 1.82) is 0 Å². The standard InChI is InChI=1S/C36H20FNO2.H2/c37-29-8-5-11-35-36(29)28-19-22(13-16-34(28)40-35)21-12-15-32-26(18-21)27-20-23(14-17-33(27)39-32)38-30-9-3-1-6-24(30)25-7-2-4-10-31(25)38;/h1-20H;1H. The minimum Gasteiger partial charge on any atom is -0.456 e. The van der Waals surface area contributed by atoms with Gasteiger partial charge in [-0.15, -0.1) is 0 Å². The van der Waals surface area contributed by atoms with Crippen LogP contribution in [0.25, 0.3) is 82.5 Å². The molecule has 0 spiro atoms. The van der Waals surface area contributed by atoms with Crippen molar-refractivity contribution in [1.82, 2.24) is 4.57 Å². The lowest BCUT2D eigenvalue weighted by Crippen LogP contribution is -1.93. The molecule has 9 aromatic rings. The maximum atomic E-state index is 14.7. The Hall–Kier alpha value is -5.35. The van der Waals surface area contributed by atoms with Gasteiger partial charge < -0.3 is 13.4 Å². The summed E-state index contributed by atoms with van der Waals surface area (Å²) in [5, 5.41) is 5.85. The SMILES string of the molecule is Fc1cccc2oc3ccc(-c4ccc5oc6ccc(-n7c8ccccc8c8ccccc87)cc6c5c4)cc3c12.[HH]. The molecule has 4 heteroatoms. The number of hydrogen-bond acceptors (Lipinski definition) is 2. The first kappa shape index (κ1) is 21.6. The van der Waals surface area contributed by atoms with Crippen LogP contribution < -0.4 is 0 Å². The highest BCUT2D eigenvalue weighted by Crippen LogP contribution is 2.38. The topological polar surface area (TPSA) is 31.2 Å². The lowest BCUT2D eigenvalue weighted by Gasteiger charge is -2.08. The number of benzene rings is 6. The zero-order valence-corrected chi connectivity index (χ0v) is 21.2. The highest BCUT2D eigenvalue weighted by molar-refractivity contribution is 6.11. The van der Waals surface area contributed by atoms with Crippen LogP contribution in [0.3, 0.4) is 0 Å². The summed E-state index contributed by atoms with van der Waals surface area (Å²) in [6, 6.07) is 40.6. The fraction of sp³-hybridized carbons (Fsp3) is 0. The lowest BCUT2D eigenvalue weighted by molar-refractivity contribution is 0.634. The second-order valence-corrected chi connectivity index (χ2v) is 10.3. The summed E-state index contributed by atoms with van der Waals surface area (Å²) in [5.41, 5.74) is 8.36. The Morgan fingerprint density at radius 1 is 0.475 bits per heavy atom. The number of nitrogens with zero attached hydrogens (tertiary/aromatic N) is 1. The van der Waals surface area contributed by atoms with Crippen LogP contribution in [-0.2, 0) is 0 Å². The molecule has 3 nitrogen and oxygen atoms in total. The third kappa shape index (κ3) is 2.93. The summed E-state index contributed by atoms with van der Waals surface area (Å²) in [4.78, 5) is 0. The molecule has 3 heterocycles. The van der Waals surface area contributed by atoms with Gasteiger partial charge in [0.15, 0.2) is 0 Å². The van der Waals surface area contributed by atoms with Crippen molar-refractivity contribution in [3.8, 4) is 16.8 Å². The molecular formula is C36H22FNO2. The van der Waals surface area contributed by atoms with Crippen LogP contribution in [0, 0.1) is 5.82 Å². The maximum Gasteiger partial charge on any atom is 0.138 e. The van der Waals surface area contributed by atoms with Crippen LogP contribution in [0.15, 0.2) is 130 Å². The molecular weight excluding hydrogens is 497 g/mol. The van der Waals surface area contributed by atoms with E-state index in [4.69, 9.17) is 8.83 Å². The zero-order chi connectivity index (χ0) is 26.4. The van der Waals surface area contributed by atoms with E-state index in [1.165, 1.54) is 27.9 Å². The van der Waals surface area contributed by atoms with E-state index >= 15 is 0 Å². The largest absolute Gasteiger partial charge is 0.456 e. The van der Waals surface area contributed by atoms with Crippen molar-refractivity contribution in [3.05, 3.63) is 127 Å². The van der Waals surface area contributed by atoms with Crippen LogP contribution in [0.1, 0.15) is 1.43 Å². The van der Waals surface area contributed by atoms with Gasteiger partial charge in [0.2, 0.25) is 0 Å². The van der Waals surface area contributed by atoms with E-state index in [1.54, 1.807) is 12.1 Å². The number of aromatic nitrogens is 1. The molecule has 0 aliphatic carbocycles. The molecule has 190 valence electrons. The average molecular weight is 520 g/mol. The van der Waals surface area contributed by atoms with Crippen LogP contribution >= 0.6 is 0 Å². The Labute approximate surface area is 228 Å². The summed E-state index contributed by atoms with van der Waals surface area (Å²) >= 11 is 0. The third-order valence-electron chi connectivity index (χ3n) is 8.07. The van der Waals surface area contributed by atoms with Gasteiger partial charge in [-0.3, -0.25) is 0 Å². The molecule has 0 fully saturated rings. The molecule has 0 saturated carbocycles. The highest BCUT2D eigenvalue weighted by atomic mass is 19.1. The van der Waals surface area contributed by atoms with E-state index in [-0.39, 0.29) is 7.24 Å². The number of halogens is 1. The third-order valence-corrected chi connectivity index (χ3v) is 8.07. The number of furan rings is 2. The normalized spacial score (nSPS) is 12.1. The van der Waals surface area contributed by atoms with Crippen LogP contribution in [-0.4, -0.2) is 4.57 Å². The Morgan fingerprint density at radius 3 is 1.77 bits per heavy atom. The van der Waals surface area contributed by atoms with Gasteiger partial charge in [-0.05, 0) is 77.9 Å². The fourth-order valence-corrected chi connectivity index (χ4v) is 6.25. The van der Waals surface area contributed by atoms with Gasteiger partial charge in [0, 0.05) is 34.0 Å². The van der Waals surface area contributed by atoms with Crippen molar-refractivity contribution in [2.45, 2.75) is 0 Å². The summed E-state index contributed by atoms with van der Waals surface area (Å²) in [6.07, 6.45) is 0. The first-order valence-electron chi connectivity index (χ1n) is 13.3. The molecule has 0 aliphatic rings. The van der Waals surface area contributed by atoms with E-state index in [0.29, 0.717) is 16.6 Å². The minimum absolute atomic E-state index is 0. The molecule has 0 unspecified atom stereocenters. The Balaban J connectivity index is 0.00000256. The Morgan fingerprint density at radius 2 is 1.05 bits per heavy atom. The number of rotatable bonds is 2. The van der Waals surface area contributed by atoms with Crippen LogP contribution in [0.2, 0.25) is 0 Å². The molecule has 0 bridgehead atoms. The molecule has 0 saturated heterocycles. The number of hydrogen-bond donors (Lipinski definition) is 0. The van der Waals surface area contributed by atoms with Crippen molar-refractivity contribution < 1.29 is 14.7 Å². The molecule has 0 atom stereocenters. The van der Waals surface area contributed by atoms with Crippen molar-refractivity contribution >= 4 is 65.7 Å². The first-order chi connectivity index (χ1) is 19.7. The van der Waals surface area contributed by atoms with E-state index in [0.717, 1.165) is 44.1 Å². The second-order valence-electron chi connectivity index (χ2n) is 10.3. The molecule has 6 aromatic carbocycles. The predicted octanol–water partition coefficient (Wildman–Crippen LogP) is 10.6. The van der Waals surface area contributed by atoms with E-state index in [1.807, 2.05) is 24.3 Å². The monoisotopic (exact) mass is 519 g/mol. The van der Waals surface area contributed by atoms with Crippen molar-refractivity contribution in [2.24, 2.45) is 0 Å². The minimum atomic E-state index is -0.276.